The molecule has 13 heavy (non-hydrogen) atoms. The maximum Gasteiger partial charge on any atom is 0.249 e. The first kappa shape index (κ1) is 12.2. The minimum Gasteiger partial charge on any atom is -0.372 e. The van der Waals surface area contributed by atoms with E-state index in [1.165, 1.54) is 7.11 Å². The van der Waals surface area contributed by atoms with Crippen molar-refractivity contribution < 1.29 is 9.53 Å². The molecule has 0 rings (SSSR count). The standard InChI is InChI=1S/C10H19NO2/c1-4-5-6-7-8-11-10(12)9(2)13-3/h6-7,9H,4-5,8H2,1-3H3,(H,11,12)/b7-6+. The fourth-order valence-corrected chi connectivity index (χ4v) is 0.778. The Morgan fingerprint density at radius 1 is 1.54 bits per heavy atom. The average Bonchev–Trinajstić information content (AvgIpc) is 2.16. The summed E-state index contributed by atoms with van der Waals surface area (Å²) in [4.78, 5) is 11.1. The second-order valence-electron chi connectivity index (χ2n) is 2.88. The van der Waals surface area contributed by atoms with Crippen LogP contribution in [0.4, 0.5) is 0 Å². The van der Waals surface area contributed by atoms with Crippen molar-refractivity contribution in [3.05, 3.63) is 12.2 Å². The first-order valence-corrected chi connectivity index (χ1v) is 4.67. The van der Waals surface area contributed by atoms with Gasteiger partial charge in [0.25, 0.3) is 0 Å². The van der Waals surface area contributed by atoms with Crippen molar-refractivity contribution >= 4 is 5.91 Å². The van der Waals surface area contributed by atoms with Gasteiger partial charge in [-0.05, 0) is 13.3 Å². The van der Waals surface area contributed by atoms with Crippen molar-refractivity contribution in [3.8, 4) is 0 Å². The SMILES string of the molecule is CCC/C=C/CNC(=O)C(C)OC. The predicted octanol–water partition coefficient (Wildman–Crippen LogP) is 1.49. The molecule has 0 aliphatic heterocycles. The van der Waals surface area contributed by atoms with Gasteiger partial charge in [0.15, 0.2) is 0 Å². The molecule has 0 saturated carbocycles. The lowest BCUT2D eigenvalue weighted by Crippen LogP contribution is -2.33. The number of methoxy groups -OCH3 is 1. The summed E-state index contributed by atoms with van der Waals surface area (Å²) in [6.45, 7) is 4.44. The van der Waals surface area contributed by atoms with Crippen molar-refractivity contribution in [2.75, 3.05) is 13.7 Å². The zero-order chi connectivity index (χ0) is 10.1. The highest BCUT2D eigenvalue weighted by Gasteiger charge is 2.08. The number of carbonyl (C=O) groups excluding carboxylic acids is 1. The van der Waals surface area contributed by atoms with Crippen molar-refractivity contribution in [2.24, 2.45) is 0 Å². The van der Waals surface area contributed by atoms with Crippen LogP contribution in [0.3, 0.4) is 0 Å². The van der Waals surface area contributed by atoms with E-state index >= 15 is 0 Å². The number of unbranched alkanes of at least 4 members (excludes halogenated alkanes) is 1. The largest absolute Gasteiger partial charge is 0.372 e. The van der Waals surface area contributed by atoms with Gasteiger partial charge in [0.05, 0.1) is 0 Å². The predicted molar refractivity (Wildman–Crippen MR) is 53.5 cm³/mol. The fourth-order valence-electron chi connectivity index (χ4n) is 0.778. The number of amides is 1. The summed E-state index contributed by atoms with van der Waals surface area (Å²) in [6, 6.07) is 0. The first-order valence-electron chi connectivity index (χ1n) is 4.67. The van der Waals surface area contributed by atoms with Crippen molar-refractivity contribution in [1.82, 2.24) is 5.32 Å². The van der Waals surface area contributed by atoms with E-state index in [9.17, 15) is 4.79 Å². The molecule has 1 N–H and O–H groups in total. The Kier molecular flexibility index (Phi) is 7.30. The van der Waals surface area contributed by atoms with E-state index in [-0.39, 0.29) is 12.0 Å². The molecular formula is C10H19NO2. The molecule has 76 valence electrons. The highest BCUT2D eigenvalue weighted by molar-refractivity contribution is 5.80. The molecule has 0 aromatic carbocycles. The van der Waals surface area contributed by atoms with Gasteiger partial charge >= 0.3 is 0 Å². The molecule has 0 heterocycles. The Balaban J connectivity index is 3.47. The van der Waals surface area contributed by atoms with E-state index in [0.29, 0.717) is 6.54 Å². The molecule has 3 nitrogen and oxygen atoms in total. The third kappa shape index (κ3) is 6.34. The number of hydrogen-bond acceptors (Lipinski definition) is 2. The maximum absolute atomic E-state index is 11.1. The van der Waals surface area contributed by atoms with Gasteiger partial charge in [-0.15, -0.1) is 0 Å². The van der Waals surface area contributed by atoms with Gasteiger partial charge in [0.2, 0.25) is 5.91 Å². The van der Waals surface area contributed by atoms with E-state index in [4.69, 9.17) is 4.74 Å². The van der Waals surface area contributed by atoms with Gasteiger partial charge in [0, 0.05) is 13.7 Å². The molecule has 0 spiro atoms. The molecule has 0 aromatic heterocycles. The van der Waals surface area contributed by atoms with Gasteiger partial charge < -0.3 is 10.1 Å². The van der Waals surface area contributed by atoms with Gasteiger partial charge in [-0.1, -0.05) is 25.5 Å². The average molecular weight is 185 g/mol. The van der Waals surface area contributed by atoms with Crippen molar-refractivity contribution in [3.63, 3.8) is 0 Å². The minimum absolute atomic E-state index is 0.0661. The van der Waals surface area contributed by atoms with E-state index in [0.717, 1.165) is 12.8 Å². The smallest absolute Gasteiger partial charge is 0.249 e. The second-order valence-corrected chi connectivity index (χ2v) is 2.88. The number of ether oxygens (including phenoxy) is 1. The monoisotopic (exact) mass is 185 g/mol. The normalized spacial score (nSPS) is 13.2. The van der Waals surface area contributed by atoms with Crippen molar-refractivity contribution in [2.45, 2.75) is 32.8 Å². The van der Waals surface area contributed by atoms with Gasteiger partial charge in [-0.3, -0.25) is 4.79 Å². The summed E-state index contributed by atoms with van der Waals surface area (Å²) in [7, 11) is 1.52. The quantitative estimate of drug-likeness (QED) is 0.637. The lowest BCUT2D eigenvalue weighted by atomic mass is 10.3. The van der Waals surface area contributed by atoms with Crippen molar-refractivity contribution in [1.29, 1.82) is 0 Å². The molecule has 0 aliphatic rings. The van der Waals surface area contributed by atoms with E-state index in [1.807, 2.05) is 6.08 Å². The van der Waals surface area contributed by atoms with Crippen LogP contribution in [0.2, 0.25) is 0 Å². The molecule has 0 fully saturated rings. The van der Waals surface area contributed by atoms with Crippen LogP contribution in [0.25, 0.3) is 0 Å². The Morgan fingerprint density at radius 2 is 2.23 bits per heavy atom. The Hall–Kier alpha value is -0.830. The molecule has 1 unspecified atom stereocenters. The first-order chi connectivity index (χ1) is 6.22. The number of allylic oxidation sites excluding steroid dienone is 1. The molecule has 1 atom stereocenters. The number of carbonyl (C=O) groups is 1. The maximum atomic E-state index is 11.1. The third-order valence-electron chi connectivity index (χ3n) is 1.74. The molecule has 3 heteroatoms. The van der Waals surface area contributed by atoms with E-state index < -0.39 is 0 Å². The summed E-state index contributed by atoms with van der Waals surface area (Å²) in [5.41, 5.74) is 0. The van der Waals surface area contributed by atoms with Crippen LogP contribution >= 0.6 is 0 Å². The zero-order valence-corrected chi connectivity index (χ0v) is 8.67. The second kappa shape index (κ2) is 7.80. The topological polar surface area (TPSA) is 38.3 Å². The summed E-state index contributed by atoms with van der Waals surface area (Å²) in [5, 5.41) is 2.74. The van der Waals surface area contributed by atoms with E-state index in [1.54, 1.807) is 6.92 Å². The minimum atomic E-state index is -0.362. The molecule has 0 radical (unpaired) electrons. The number of rotatable bonds is 6. The Morgan fingerprint density at radius 3 is 2.77 bits per heavy atom. The van der Waals surface area contributed by atoms with Crippen LogP contribution in [-0.2, 0) is 9.53 Å². The summed E-state index contributed by atoms with van der Waals surface area (Å²) < 4.78 is 4.85. The highest BCUT2D eigenvalue weighted by Crippen LogP contribution is 1.88. The molecular weight excluding hydrogens is 166 g/mol. The Labute approximate surface area is 80.2 Å². The summed E-state index contributed by atoms with van der Waals surface area (Å²) in [5.74, 6) is -0.0661. The Bertz CT molecular complexity index is 166. The number of hydrogen-bond donors (Lipinski definition) is 1. The highest BCUT2D eigenvalue weighted by atomic mass is 16.5. The molecule has 0 saturated heterocycles. The zero-order valence-electron chi connectivity index (χ0n) is 8.67. The summed E-state index contributed by atoms with van der Waals surface area (Å²) in [6.07, 6.45) is 5.87. The van der Waals surface area contributed by atoms with E-state index in [2.05, 4.69) is 18.3 Å². The molecule has 0 aromatic rings. The lowest BCUT2D eigenvalue weighted by Gasteiger charge is -2.08. The van der Waals surface area contributed by atoms with Crippen LogP contribution in [-0.4, -0.2) is 25.7 Å². The van der Waals surface area contributed by atoms with Crippen LogP contribution < -0.4 is 5.32 Å². The van der Waals surface area contributed by atoms with Crippen LogP contribution in [0, 0.1) is 0 Å². The fraction of sp³-hybridized carbons (Fsp3) is 0.700. The van der Waals surface area contributed by atoms with Gasteiger partial charge in [-0.2, -0.15) is 0 Å². The number of nitrogens with one attached hydrogen (secondary N) is 1. The van der Waals surface area contributed by atoms with Crippen LogP contribution in [0.5, 0.6) is 0 Å². The van der Waals surface area contributed by atoms with Gasteiger partial charge in [0.1, 0.15) is 6.10 Å². The third-order valence-corrected chi connectivity index (χ3v) is 1.74. The van der Waals surface area contributed by atoms with Gasteiger partial charge in [-0.25, -0.2) is 0 Å². The van der Waals surface area contributed by atoms with Crippen LogP contribution in [0.15, 0.2) is 12.2 Å². The lowest BCUT2D eigenvalue weighted by molar-refractivity contribution is -0.129. The molecule has 1 amide bonds. The molecule has 0 aliphatic carbocycles. The summed E-state index contributed by atoms with van der Waals surface area (Å²) >= 11 is 0. The molecule has 0 bridgehead atoms. The van der Waals surface area contributed by atoms with Crippen LogP contribution in [0.1, 0.15) is 26.7 Å².